The van der Waals surface area contributed by atoms with Gasteiger partial charge in [0.2, 0.25) is 0 Å². The first-order valence-electron chi connectivity index (χ1n) is 8.17. The van der Waals surface area contributed by atoms with Gasteiger partial charge in [0.25, 0.3) is 11.8 Å². The number of imide groups is 1. The van der Waals surface area contributed by atoms with E-state index in [0.717, 1.165) is 11.0 Å². The van der Waals surface area contributed by atoms with Gasteiger partial charge in [-0.1, -0.05) is 24.3 Å². The second-order valence-corrected chi connectivity index (χ2v) is 6.00. The van der Waals surface area contributed by atoms with Crippen LogP contribution in [0.1, 0.15) is 42.2 Å². The number of ether oxygens (including phenoxy) is 1. The summed E-state index contributed by atoms with van der Waals surface area (Å²) in [4.78, 5) is 37.7. The summed E-state index contributed by atoms with van der Waals surface area (Å²) in [6.07, 6.45) is -3.17. The highest BCUT2D eigenvalue weighted by Gasteiger charge is 2.36. The molecule has 0 fully saturated rings. The number of carbonyl (C=O) groups excluding carboxylic acids is 3. The van der Waals surface area contributed by atoms with Gasteiger partial charge in [-0.3, -0.25) is 14.5 Å². The molecule has 0 unspecified atom stereocenters. The highest BCUT2D eigenvalue weighted by molar-refractivity contribution is 6.22. The molecule has 0 bridgehead atoms. The summed E-state index contributed by atoms with van der Waals surface area (Å²) in [5.41, 5.74) is -0.932. The molecule has 0 spiro atoms. The van der Waals surface area contributed by atoms with E-state index in [2.05, 4.69) is 6.58 Å². The minimum absolute atomic E-state index is 0.0281. The summed E-state index contributed by atoms with van der Waals surface area (Å²) < 4.78 is 44.0. The third-order valence-electron chi connectivity index (χ3n) is 4.20. The number of halogens is 3. The fraction of sp³-hybridized carbons (Fsp3) is 0.150. The number of nitrogens with zero attached hydrogens (tertiary/aromatic N) is 1. The molecule has 2 aromatic rings. The van der Waals surface area contributed by atoms with Gasteiger partial charge < -0.3 is 4.74 Å². The Morgan fingerprint density at radius 2 is 1.75 bits per heavy atom. The third kappa shape index (κ3) is 3.53. The summed E-state index contributed by atoms with van der Waals surface area (Å²) in [5, 5.41) is 0. The van der Waals surface area contributed by atoms with Gasteiger partial charge in [0, 0.05) is 12.1 Å². The predicted molar refractivity (Wildman–Crippen MR) is 92.6 cm³/mol. The fourth-order valence-corrected chi connectivity index (χ4v) is 2.86. The number of rotatable bonds is 5. The first-order chi connectivity index (χ1) is 13.2. The molecule has 0 aromatic heterocycles. The summed E-state index contributed by atoms with van der Waals surface area (Å²) in [6.45, 7) is 2.92. The first-order valence-corrected chi connectivity index (χ1v) is 8.17. The maximum absolute atomic E-state index is 13.0. The van der Waals surface area contributed by atoms with E-state index in [1.54, 1.807) is 0 Å². The Balaban J connectivity index is 1.79. The lowest BCUT2D eigenvalue weighted by Crippen LogP contribution is -2.29. The minimum Gasteiger partial charge on any atom is -0.457 e. The van der Waals surface area contributed by atoms with Crippen molar-refractivity contribution in [1.29, 1.82) is 0 Å². The van der Waals surface area contributed by atoms with Crippen LogP contribution in [0.4, 0.5) is 13.2 Å². The molecular formula is C20H14F3NO4. The second kappa shape index (κ2) is 7.30. The molecule has 0 atom stereocenters. The van der Waals surface area contributed by atoms with Gasteiger partial charge in [-0.2, -0.15) is 13.2 Å². The van der Waals surface area contributed by atoms with E-state index in [9.17, 15) is 27.6 Å². The van der Waals surface area contributed by atoms with Gasteiger partial charge in [0.05, 0.1) is 22.3 Å². The minimum atomic E-state index is -4.57. The van der Waals surface area contributed by atoms with Crippen molar-refractivity contribution in [1.82, 2.24) is 4.90 Å². The molecule has 8 heteroatoms. The van der Waals surface area contributed by atoms with Crippen molar-refractivity contribution in [2.45, 2.75) is 12.8 Å². The fourth-order valence-electron chi connectivity index (χ4n) is 2.86. The number of amides is 2. The van der Waals surface area contributed by atoms with Crippen LogP contribution >= 0.6 is 0 Å². The summed E-state index contributed by atoms with van der Waals surface area (Å²) in [7, 11) is 0. The maximum atomic E-state index is 13.0. The molecule has 0 aliphatic carbocycles. The lowest BCUT2D eigenvalue weighted by Gasteiger charge is -2.13. The average molecular weight is 389 g/mol. The van der Waals surface area contributed by atoms with Crippen molar-refractivity contribution in [3.63, 3.8) is 0 Å². The molecule has 1 aliphatic rings. The van der Waals surface area contributed by atoms with Gasteiger partial charge in [-0.25, -0.2) is 4.79 Å². The highest BCUT2D eigenvalue weighted by atomic mass is 19.4. The molecule has 3 rings (SSSR count). The Kier molecular flexibility index (Phi) is 5.04. The predicted octanol–water partition coefficient (Wildman–Crippen LogP) is 3.84. The molecule has 2 amide bonds. The zero-order valence-electron chi connectivity index (χ0n) is 14.5. The lowest BCUT2D eigenvalue weighted by molar-refractivity contribution is -0.138. The molecule has 0 N–H and O–H groups in total. The van der Waals surface area contributed by atoms with E-state index in [1.165, 1.54) is 42.5 Å². The van der Waals surface area contributed by atoms with Gasteiger partial charge in [-0.05, 0) is 24.3 Å². The van der Waals surface area contributed by atoms with Crippen molar-refractivity contribution in [2.24, 2.45) is 0 Å². The number of hydrogen-bond donors (Lipinski definition) is 0. The molecule has 2 aromatic carbocycles. The van der Waals surface area contributed by atoms with Crippen molar-refractivity contribution < 1.29 is 32.3 Å². The van der Waals surface area contributed by atoms with E-state index in [0.29, 0.717) is 0 Å². The van der Waals surface area contributed by atoms with Crippen molar-refractivity contribution >= 4 is 17.8 Å². The Hall–Kier alpha value is -3.42. The standard InChI is InChI=1S/C20H14F3NO4/c1-2-9-24-17(25)14-8-7-12(10-15(14)18(24)26)19(27)28-11-13-5-3-4-6-16(13)20(21,22)23/h2-8,10H,1,9,11H2. The number of alkyl halides is 3. The zero-order valence-corrected chi connectivity index (χ0v) is 14.5. The van der Waals surface area contributed by atoms with Crippen LogP contribution < -0.4 is 0 Å². The molecule has 0 radical (unpaired) electrons. The van der Waals surface area contributed by atoms with Crippen molar-refractivity contribution in [3.05, 3.63) is 82.9 Å². The number of hydrogen-bond acceptors (Lipinski definition) is 4. The van der Waals surface area contributed by atoms with Crippen LogP contribution in [0.2, 0.25) is 0 Å². The van der Waals surface area contributed by atoms with Crippen LogP contribution in [0.25, 0.3) is 0 Å². The Bertz CT molecular complexity index is 982. The van der Waals surface area contributed by atoms with Crippen LogP contribution in [0.15, 0.2) is 55.1 Å². The van der Waals surface area contributed by atoms with Crippen molar-refractivity contribution in [2.75, 3.05) is 6.54 Å². The van der Waals surface area contributed by atoms with E-state index >= 15 is 0 Å². The first kappa shape index (κ1) is 19.3. The second-order valence-electron chi connectivity index (χ2n) is 6.00. The lowest BCUT2D eigenvalue weighted by atomic mass is 10.1. The van der Waals surface area contributed by atoms with E-state index < -0.39 is 36.1 Å². The quantitative estimate of drug-likeness (QED) is 0.443. The SMILES string of the molecule is C=CCN1C(=O)c2ccc(C(=O)OCc3ccccc3C(F)(F)F)cc2C1=O. The number of carbonyl (C=O) groups is 3. The van der Waals surface area contributed by atoms with Gasteiger partial charge in [0.15, 0.2) is 0 Å². The molecule has 0 saturated heterocycles. The third-order valence-corrected chi connectivity index (χ3v) is 4.20. The highest BCUT2D eigenvalue weighted by Crippen LogP contribution is 2.32. The number of fused-ring (bicyclic) bond motifs is 1. The summed E-state index contributed by atoms with van der Waals surface area (Å²) in [5.74, 6) is -1.97. The van der Waals surface area contributed by atoms with E-state index in [4.69, 9.17) is 4.74 Å². The Morgan fingerprint density at radius 3 is 2.43 bits per heavy atom. The van der Waals surface area contributed by atoms with E-state index in [1.807, 2.05) is 0 Å². The van der Waals surface area contributed by atoms with E-state index in [-0.39, 0.29) is 28.8 Å². The average Bonchev–Trinajstić information content (AvgIpc) is 2.90. The van der Waals surface area contributed by atoms with Crippen LogP contribution in [-0.2, 0) is 17.5 Å². The molecular weight excluding hydrogens is 375 g/mol. The molecule has 28 heavy (non-hydrogen) atoms. The van der Waals surface area contributed by atoms with Crippen molar-refractivity contribution in [3.8, 4) is 0 Å². The zero-order chi connectivity index (χ0) is 20.5. The Labute approximate surface area is 158 Å². The number of benzene rings is 2. The molecule has 1 aliphatic heterocycles. The van der Waals surface area contributed by atoms with Gasteiger partial charge in [-0.15, -0.1) is 6.58 Å². The maximum Gasteiger partial charge on any atom is 0.416 e. The molecule has 0 saturated carbocycles. The molecule has 5 nitrogen and oxygen atoms in total. The molecule has 1 heterocycles. The van der Waals surface area contributed by atoms with Gasteiger partial charge >= 0.3 is 12.1 Å². The Morgan fingerprint density at radius 1 is 1.07 bits per heavy atom. The topological polar surface area (TPSA) is 63.7 Å². The van der Waals surface area contributed by atoms with Crippen LogP contribution in [0.5, 0.6) is 0 Å². The summed E-state index contributed by atoms with van der Waals surface area (Å²) in [6, 6.07) is 8.58. The number of esters is 1. The van der Waals surface area contributed by atoms with Gasteiger partial charge in [0.1, 0.15) is 6.61 Å². The van der Waals surface area contributed by atoms with Crippen LogP contribution in [0, 0.1) is 0 Å². The normalized spacial score (nSPS) is 13.5. The monoisotopic (exact) mass is 389 g/mol. The smallest absolute Gasteiger partial charge is 0.416 e. The largest absolute Gasteiger partial charge is 0.457 e. The molecule has 144 valence electrons. The van der Waals surface area contributed by atoms with Crippen LogP contribution in [-0.4, -0.2) is 29.2 Å². The summed E-state index contributed by atoms with van der Waals surface area (Å²) >= 11 is 0. The van der Waals surface area contributed by atoms with Crippen LogP contribution in [0.3, 0.4) is 0 Å².